The van der Waals surface area contributed by atoms with E-state index in [1.807, 2.05) is 0 Å². The van der Waals surface area contributed by atoms with Crippen LogP contribution in [-0.2, 0) is 23.6 Å². The van der Waals surface area contributed by atoms with Crippen molar-refractivity contribution in [2.75, 3.05) is 20.1 Å². The quantitative estimate of drug-likeness (QED) is 0.291. The van der Waals surface area contributed by atoms with Crippen molar-refractivity contribution in [2.45, 2.75) is 43.6 Å². The van der Waals surface area contributed by atoms with E-state index < -0.39 is 58.5 Å². The zero-order chi connectivity index (χ0) is 31.9. The molecule has 0 unspecified atom stereocenters. The number of H-pyrrole nitrogens is 2. The molecule has 2 aromatic carbocycles. The summed E-state index contributed by atoms with van der Waals surface area (Å²) in [6, 6.07) is 4.55. The minimum atomic E-state index is -5.13. The number of amides is 2. The van der Waals surface area contributed by atoms with Gasteiger partial charge in [0.15, 0.2) is 0 Å². The highest BCUT2D eigenvalue weighted by atomic mass is 35.5. The molecule has 2 amide bonds. The summed E-state index contributed by atoms with van der Waals surface area (Å²) < 4.78 is 80.6. The molecule has 1 aliphatic heterocycles. The number of nitrogens with zero attached hydrogens (tertiary/aromatic N) is 2. The van der Waals surface area contributed by atoms with Gasteiger partial charge in [0.05, 0.1) is 26.9 Å². The molecule has 4 rings (SSSR count). The number of carbonyl (C=O) groups excluding carboxylic acids is 2. The van der Waals surface area contributed by atoms with Crippen LogP contribution in [0.5, 0.6) is 5.88 Å². The highest BCUT2D eigenvalue weighted by molar-refractivity contribution is 6.42. The summed E-state index contributed by atoms with van der Waals surface area (Å²) in [6.07, 6.45) is -10.2. The average Bonchev–Trinajstić information content (AvgIpc) is 3.27. The molecule has 0 radical (unpaired) electrons. The minimum Gasteiger partial charge on any atom is -0.493 e. The third-order valence-corrected chi connectivity index (χ3v) is 8.06. The van der Waals surface area contributed by atoms with Gasteiger partial charge in [-0.2, -0.15) is 26.3 Å². The SMILES string of the molecule is CN(C(=O)c1cc(C(F)(F)F)cc(C(F)(F)F)c1)[C@@H]1CCN(C(=O)CCc2[nH]c(=O)[nH]c2O)C[C@H]1c1ccc(Cl)c(Cl)c1. The van der Waals surface area contributed by atoms with Crippen LogP contribution < -0.4 is 5.69 Å². The molecule has 0 saturated carbocycles. The molecule has 0 aliphatic carbocycles. The molecule has 0 bridgehead atoms. The molecular formula is C27H24Cl2F6N4O4. The van der Waals surface area contributed by atoms with E-state index in [9.17, 15) is 45.8 Å². The second-order valence-corrected chi connectivity index (χ2v) is 10.9. The van der Waals surface area contributed by atoms with Gasteiger partial charge < -0.3 is 19.9 Å². The second-order valence-electron chi connectivity index (χ2n) is 10.1. The highest BCUT2D eigenvalue weighted by Crippen LogP contribution is 2.38. The number of likely N-dealkylation sites (tertiary alicyclic amines) is 1. The Morgan fingerprint density at radius 2 is 1.63 bits per heavy atom. The monoisotopic (exact) mass is 652 g/mol. The number of aromatic amines is 2. The lowest BCUT2D eigenvalue weighted by Crippen LogP contribution is -2.52. The molecule has 8 nitrogen and oxygen atoms in total. The van der Waals surface area contributed by atoms with Crippen molar-refractivity contribution < 1.29 is 41.0 Å². The van der Waals surface area contributed by atoms with Crippen LogP contribution in [0, 0.1) is 0 Å². The number of alkyl halides is 6. The van der Waals surface area contributed by atoms with Crippen LogP contribution in [0.15, 0.2) is 41.2 Å². The van der Waals surface area contributed by atoms with Crippen LogP contribution in [0.1, 0.15) is 51.5 Å². The van der Waals surface area contributed by atoms with E-state index >= 15 is 0 Å². The Labute approximate surface area is 250 Å². The number of rotatable bonds is 6. The minimum absolute atomic E-state index is 0.0102. The van der Waals surface area contributed by atoms with Crippen molar-refractivity contribution in [1.82, 2.24) is 19.8 Å². The number of likely N-dealkylation sites (N-methyl/N-ethyl adjacent to an activating group) is 1. The van der Waals surface area contributed by atoms with Gasteiger partial charge in [0.2, 0.25) is 11.8 Å². The Kier molecular flexibility index (Phi) is 9.12. The molecule has 2 heterocycles. The second kappa shape index (κ2) is 12.2. The van der Waals surface area contributed by atoms with Gasteiger partial charge in [0, 0.05) is 50.5 Å². The average molecular weight is 653 g/mol. The molecule has 1 aromatic heterocycles. The summed E-state index contributed by atoms with van der Waals surface area (Å²) in [6.45, 7) is 0.121. The summed E-state index contributed by atoms with van der Waals surface area (Å²) in [5.41, 5.74) is -4.00. The number of aryl methyl sites for hydroxylation is 1. The molecule has 0 spiro atoms. The largest absolute Gasteiger partial charge is 0.493 e. The first-order valence-electron chi connectivity index (χ1n) is 12.7. The van der Waals surface area contributed by atoms with Gasteiger partial charge in [0.25, 0.3) is 5.91 Å². The molecule has 1 aliphatic rings. The fraction of sp³-hybridized carbons (Fsp3) is 0.370. The van der Waals surface area contributed by atoms with E-state index in [4.69, 9.17) is 23.2 Å². The number of carbonyl (C=O) groups is 2. The maximum Gasteiger partial charge on any atom is 0.416 e. The van der Waals surface area contributed by atoms with Crippen molar-refractivity contribution in [2.24, 2.45) is 0 Å². The smallest absolute Gasteiger partial charge is 0.416 e. The normalized spacial score (nSPS) is 17.7. The van der Waals surface area contributed by atoms with Crippen molar-refractivity contribution in [1.29, 1.82) is 0 Å². The number of halogens is 8. The van der Waals surface area contributed by atoms with Gasteiger partial charge >= 0.3 is 18.0 Å². The van der Waals surface area contributed by atoms with Gasteiger partial charge in [-0.1, -0.05) is 29.3 Å². The molecule has 3 N–H and O–H groups in total. The molecule has 2 atom stereocenters. The number of hydrogen-bond donors (Lipinski definition) is 3. The Morgan fingerprint density at radius 1 is 1.00 bits per heavy atom. The number of imidazole rings is 1. The van der Waals surface area contributed by atoms with E-state index in [2.05, 4.69) is 9.97 Å². The lowest BCUT2D eigenvalue weighted by atomic mass is 9.84. The summed E-state index contributed by atoms with van der Waals surface area (Å²) >= 11 is 12.3. The van der Waals surface area contributed by atoms with E-state index in [0.29, 0.717) is 17.7 Å². The Bertz CT molecular complexity index is 1550. The summed E-state index contributed by atoms with van der Waals surface area (Å²) in [5, 5.41) is 10.1. The predicted octanol–water partition coefficient (Wildman–Crippen LogP) is 5.84. The van der Waals surface area contributed by atoms with Crippen molar-refractivity contribution in [3.8, 4) is 5.88 Å². The number of aromatic hydroxyl groups is 1. The molecule has 3 aromatic rings. The molecule has 232 valence electrons. The number of piperidine rings is 1. The first-order valence-corrected chi connectivity index (χ1v) is 13.5. The van der Waals surface area contributed by atoms with Crippen LogP contribution in [0.3, 0.4) is 0 Å². The number of aromatic nitrogens is 2. The highest BCUT2D eigenvalue weighted by Gasteiger charge is 2.40. The molecule has 43 heavy (non-hydrogen) atoms. The van der Waals surface area contributed by atoms with Gasteiger partial charge in [0.1, 0.15) is 0 Å². The number of nitrogens with one attached hydrogen (secondary N) is 2. The van der Waals surface area contributed by atoms with Crippen molar-refractivity contribution in [3.63, 3.8) is 0 Å². The summed E-state index contributed by atoms with van der Waals surface area (Å²) in [7, 11) is 1.27. The topological polar surface area (TPSA) is 110 Å². The lowest BCUT2D eigenvalue weighted by molar-refractivity contribution is -0.143. The number of hydrogen-bond acceptors (Lipinski definition) is 4. The third kappa shape index (κ3) is 7.29. The Hall–Kier alpha value is -3.65. The molecule has 1 fully saturated rings. The van der Waals surface area contributed by atoms with E-state index in [-0.39, 0.29) is 60.1 Å². The van der Waals surface area contributed by atoms with Crippen LogP contribution in [-0.4, -0.2) is 62.9 Å². The fourth-order valence-electron chi connectivity index (χ4n) is 5.11. The van der Waals surface area contributed by atoms with E-state index in [0.717, 1.165) is 4.90 Å². The molecular weight excluding hydrogens is 629 g/mol. The van der Waals surface area contributed by atoms with Crippen LogP contribution in [0.4, 0.5) is 26.3 Å². The molecule has 1 saturated heterocycles. The first-order chi connectivity index (χ1) is 20.0. The van der Waals surface area contributed by atoms with Gasteiger partial charge in [-0.05, 0) is 42.3 Å². The molecule has 16 heteroatoms. The summed E-state index contributed by atoms with van der Waals surface area (Å²) in [4.78, 5) is 45.0. The summed E-state index contributed by atoms with van der Waals surface area (Å²) in [5.74, 6) is -2.48. The Balaban J connectivity index is 1.63. The Morgan fingerprint density at radius 3 is 2.16 bits per heavy atom. The van der Waals surface area contributed by atoms with Crippen molar-refractivity contribution >= 4 is 35.0 Å². The van der Waals surface area contributed by atoms with Crippen LogP contribution in [0.25, 0.3) is 0 Å². The zero-order valence-electron chi connectivity index (χ0n) is 22.2. The maximum absolute atomic E-state index is 13.4. The van der Waals surface area contributed by atoms with Gasteiger partial charge in [-0.25, -0.2) is 4.79 Å². The predicted molar refractivity (Wildman–Crippen MR) is 144 cm³/mol. The zero-order valence-corrected chi connectivity index (χ0v) is 23.8. The third-order valence-electron chi connectivity index (χ3n) is 7.32. The fourth-order valence-corrected chi connectivity index (χ4v) is 5.42. The number of benzene rings is 2. The van der Waals surface area contributed by atoms with Gasteiger partial charge in [-0.15, -0.1) is 0 Å². The van der Waals surface area contributed by atoms with Crippen LogP contribution in [0.2, 0.25) is 10.0 Å². The van der Waals surface area contributed by atoms with Crippen molar-refractivity contribution in [3.05, 3.63) is 84.9 Å². The standard InChI is InChI=1S/C27H24Cl2F6N4O4/c1-38(24(42)14-8-15(26(30,31)32)11-16(9-14)27(33,34)35)21-6-7-39(12-17(21)13-2-3-18(28)19(29)10-13)22(40)5-4-20-23(41)37-25(43)36-20/h2-3,8-11,17,21,41H,4-7,12H2,1H3,(H2,36,37,43)/t17-,21+/m0/s1. The maximum atomic E-state index is 13.4. The van der Waals surface area contributed by atoms with Gasteiger partial charge in [-0.3, -0.25) is 14.6 Å². The lowest BCUT2D eigenvalue weighted by Gasteiger charge is -2.43. The van der Waals surface area contributed by atoms with E-state index in [1.165, 1.54) is 24.1 Å². The first kappa shape index (κ1) is 32.3. The van der Waals surface area contributed by atoms with Crippen LogP contribution >= 0.6 is 23.2 Å². The van der Waals surface area contributed by atoms with E-state index in [1.54, 1.807) is 6.07 Å².